The molecule has 1 fully saturated rings. The van der Waals surface area contributed by atoms with Crippen LogP contribution in [0.25, 0.3) is 0 Å². The molecule has 1 aliphatic rings. The number of ether oxygens (including phenoxy) is 1. The van der Waals surface area contributed by atoms with Crippen molar-refractivity contribution >= 4 is 0 Å². The maximum atomic E-state index is 5.42. The van der Waals surface area contributed by atoms with Crippen molar-refractivity contribution < 1.29 is 4.74 Å². The average Bonchev–Trinajstić information content (AvgIpc) is 1.99. The fraction of sp³-hybridized carbons (Fsp3) is 1.00. The molecule has 1 heterocycles. The largest absolute Gasteiger partial charge is 0.382 e. The molecule has 78 valence electrons. The summed E-state index contributed by atoms with van der Waals surface area (Å²) >= 11 is 0. The summed E-state index contributed by atoms with van der Waals surface area (Å²) in [6, 6.07) is 0. The highest BCUT2D eigenvalue weighted by molar-refractivity contribution is 4.92. The Morgan fingerprint density at radius 2 is 2.08 bits per heavy atom. The van der Waals surface area contributed by atoms with Gasteiger partial charge in [-0.1, -0.05) is 13.8 Å². The summed E-state index contributed by atoms with van der Waals surface area (Å²) in [5.74, 6) is 0.809. The van der Waals surface area contributed by atoms with Gasteiger partial charge < -0.3 is 10.1 Å². The lowest BCUT2D eigenvalue weighted by atomic mass is 9.73. The number of hydrogen-bond donors (Lipinski definition) is 1. The predicted octanol–water partition coefficient (Wildman–Crippen LogP) is 2.05. The summed E-state index contributed by atoms with van der Waals surface area (Å²) in [5, 5.41) is 3.38. The Labute approximate surface area is 82.0 Å². The number of rotatable bonds is 6. The van der Waals surface area contributed by atoms with Crippen LogP contribution in [0.5, 0.6) is 0 Å². The topological polar surface area (TPSA) is 21.3 Å². The van der Waals surface area contributed by atoms with Gasteiger partial charge >= 0.3 is 0 Å². The molecule has 0 radical (unpaired) electrons. The van der Waals surface area contributed by atoms with E-state index >= 15 is 0 Å². The molecule has 0 aromatic carbocycles. The van der Waals surface area contributed by atoms with E-state index < -0.39 is 0 Å². The highest BCUT2D eigenvalue weighted by Gasteiger charge is 2.36. The molecule has 0 aliphatic carbocycles. The summed E-state index contributed by atoms with van der Waals surface area (Å²) in [6.07, 6.45) is 2.57. The molecule has 0 amide bonds. The monoisotopic (exact) mass is 185 g/mol. The van der Waals surface area contributed by atoms with Crippen LogP contribution in [0.2, 0.25) is 0 Å². The van der Waals surface area contributed by atoms with Gasteiger partial charge in [0.25, 0.3) is 0 Å². The maximum Gasteiger partial charge on any atom is 0.0472 e. The van der Waals surface area contributed by atoms with Gasteiger partial charge in [0.2, 0.25) is 0 Å². The molecule has 1 rings (SSSR count). The average molecular weight is 185 g/mol. The predicted molar refractivity (Wildman–Crippen MR) is 55.9 cm³/mol. The van der Waals surface area contributed by atoms with Gasteiger partial charge in [-0.3, -0.25) is 0 Å². The van der Waals surface area contributed by atoms with Gasteiger partial charge in [-0.05, 0) is 31.1 Å². The molecule has 1 saturated heterocycles. The van der Waals surface area contributed by atoms with E-state index in [0.717, 1.165) is 19.1 Å². The van der Waals surface area contributed by atoms with Gasteiger partial charge in [0.15, 0.2) is 0 Å². The molecule has 1 N–H and O–H groups in total. The molecule has 1 aliphatic heterocycles. The summed E-state index contributed by atoms with van der Waals surface area (Å²) in [4.78, 5) is 0. The summed E-state index contributed by atoms with van der Waals surface area (Å²) < 4.78 is 5.42. The molecule has 0 bridgehead atoms. The Balaban J connectivity index is 2.23. The molecule has 0 saturated carbocycles. The zero-order chi connectivity index (χ0) is 9.73. The molecule has 0 spiro atoms. The van der Waals surface area contributed by atoms with Crippen LogP contribution in [0, 0.1) is 11.3 Å². The van der Waals surface area contributed by atoms with Crippen molar-refractivity contribution in [2.24, 2.45) is 11.3 Å². The van der Waals surface area contributed by atoms with Crippen LogP contribution >= 0.6 is 0 Å². The van der Waals surface area contributed by atoms with Crippen LogP contribution in [-0.4, -0.2) is 26.3 Å². The van der Waals surface area contributed by atoms with Crippen molar-refractivity contribution in [2.45, 2.75) is 33.6 Å². The molecule has 0 aromatic heterocycles. The van der Waals surface area contributed by atoms with Crippen molar-refractivity contribution in [2.75, 3.05) is 26.3 Å². The maximum absolute atomic E-state index is 5.42. The third-order valence-corrected chi connectivity index (χ3v) is 2.82. The minimum absolute atomic E-state index is 0.559. The molecular weight excluding hydrogens is 162 g/mol. The lowest BCUT2D eigenvalue weighted by Gasteiger charge is -2.44. The molecular formula is C11H23NO. The summed E-state index contributed by atoms with van der Waals surface area (Å²) in [6.45, 7) is 10.8. The second-order valence-electron chi connectivity index (χ2n) is 4.65. The van der Waals surface area contributed by atoms with Crippen LogP contribution in [0.1, 0.15) is 33.6 Å². The fourth-order valence-electron chi connectivity index (χ4n) is 2.20. The van der Waals surface area contributed by atoms with E-state index in [9.17, 15) is 0 Å². The van der Waals surface area contributed by atoms with Gasteiger partial charge in [-0.15, -0.1) is 0 Å². The Morgan fingerprint density at radius 3 is 2.46 bits per heavy atom. The van der Waals surface area contributed by atoms with Crippen molar-refractivity contribution in [1.82, 2.24) is 5.32 Å². The first-order chi connectivity index (χ1) is 6.18. The van der Waals surface area contributed by atoms with Crippen molar-refractivity contribution in [3.05, 3.63) is 0 Å². The van der Waals surface area contributed by atoms with Gasteiger partial charge in [-0.25, -0.2) is 0 Å². The lowest BCUT2D eigenvalue weighted by molar-refractivity contribution is 0.0562. The van der Waals surface area contributed by atoms with Crippen molar-refractivity contribution in [1.29, 1.82) is 0 Å². The first kappa shape index (κ1) is 11.0. The fourth-order valence-corrected chi connectivity index (χ4v) is 2.20. The first-order valence-electron chi connectivity index (χ1n) is 5.47. The second-order valence-corrected chi connectivity index (χ2v) is 4.65. The van der Waals surface area contributed by atoms with Crippen LogP contribution in [-0.2, 0) is 4.74 Å². The van der Waals surface area contributed by atoms with Crippen LogP contribution in [0.15, 0.2) is 0 Å². The highest BCUT2D eigenvalue weighted by atomic mass is 16.5. The van der Waals surface area contributed by atoms with Gasteiger partial charge in [0.1, 0.15) is 0 Å². The smallest absolute Gasteiger partial charge is 0.0472 e. The summed E-state index contributed by atoms with van der Waals surface area (Å²) in [7, 11) is 0. The van der Waals surface area contributed by atoms with Crippen LogP contribution in [0.4, 0.5) is 0 Å². The van der Waals surface area contributed by atoms with Crippen molar-refractivity contribution in [3.63, 3.8) is 0 Å². The van der Waals surface area contributed by atoms with E-state index in [1.807, 2.05) is 0 Å². The van der Waals surface area contributed by atoms with E-state index in [0.29, 0.717) is 5.41 Å². The second kappa shape index (κ2) is 4.97. The Kier molecular flexibility index (Phi) is 4.20. The van der Waals surface area contributed by atoms with Gasteiger partial charge in [0, 0.05) is 26.3 Å². The summed E-state index contributed by atoms with van der Waals surface area (Å²) in [5.41, 5.74) is 0.559. The quantitative estimate of drug-likeness (QED) is 0.639. The SMILES string of the molecule is CCOCCC1(CC(C)C)CNC1. The third kappa shape index (κ3) is 3.28. The Morgan fingerprint density at radius 1 is 1.38 bits per heavy atom. The zero-order valence-electron chi connectivity index (χ0n) is 9.23. The number of nitrogens with one attached hydrogen (secondary N) is 1. The minimum atomic E-state index is 0.559. The molecule has 2 heteroatoms. The van der Waals surface area contributed by atoms with E-state index in [2.05, 4.69) is 26.1 Å². The molecule has 0 aromatic rings. The number of hydrogen-bond acceptors (Lipinski definition) is 2. The van der Waals surface area contributed by atoms with Gasteiger partial charge in [-0.2, -0.15) is 0 Å². The Bertz CT molecular complexity index is 141. The lowest BCUT2D eigenvalue weighted by Crippen LogP contribution is -2.54. The van der Waals surface area contributed by atoms with E-state index in [4.69, 9.17) is 4.74 Å². The first-order valence-corrected chi connectivity index (χ1v) is 5.47. The molecule has 13 heavy (non-hydrogen) atoms. The molecule has 2 nitrogen and oxygen atoms in total. The standard InChI is InChI=1S/C11H23NO/c1-4-13-6-5-11(7-10(2)3)8-12-9-11/h10,12H,4-9H2,1-3H3. The van der Waals surface area contributed by atoms with Crippen LogP contribution < -0.4 is 5.32 Å². The Hall–Kier alpha value is -0.0800. The van der Waals surface area contributed by atoms with Crippen LogP contribution in [0.3, 0.4) is 0 Å². The van der Waals surface area contributed by atoms with E-state index in [-0.39, 0.29) is 0 Å². The minimum Gasteiger partial charge on any atom is -0.382 e. The zero-order valence-corrected chi connectivity index (χ0v) is 9.23. The van der Waals surface area contributed by atoms with E-state index in [1.165, 1.54) is 25.9 Å². The highest BCUT2D eigenvalue weighted by Crippen LogP contribution is 2.34. The normalized spacial score (nSPS) is 20.3. The van der Waals surface area contributed by atoms with Crippen molar-refractivity contribution in [3.8, 4) is 0 Å². The third-order valence-electron chi connectivity index (χ3n) is 2.82. The van der Waals surface area contributed by atoms with E-state index in [1.54, 1.807) is 0 Å². The van der Waals surface area contributed by atoms with Gasteiger partial charge in [0.05, 0.1) is 0 Å². The molecule has 0 unspecified atom stereocenters. The molecule has 0 atom stereocenters.